The fourth-order valence-corrected chi connectivity index (χ4v) is 0.593. The smallest absolute Gasteiger partial charge is 0.333 e. The van der Waals surface area contributed by atoms with Gasteiger partial charge < -0.3 is 5.11 Å². The van der Waals surface area contributed by atoms with Crippen molar-refractivity contribution in [2.45, 2.75) is 20.3 Å². The van der Waals surface area contributed by atoms with E-state index < -0.39 is 5.97 Å². The van der Waals surface area contributed by atoms with E-state index in [1.165, 1.54) is 13.8 Å². The minimum atomic E-state index is -1.23. The molecule has 0 aromatic carbocycles. The van der Waals surface area contributed by atoms with Crippen LogP contribution in [-0.2, 0) is 9.59 Å². The summed E-state index contributed by atoms with van der Waals surface area (Å²) in [7, 11) is 0. The topological polar surface area (TPSA) is 83.8 Å². The van der Waals surface area contributed by atoms with Gasteiger partial charge in [0, 0.05) is 0 Å². The molecular weight excluding hydrogens is 162 g/mol. The van der Waals surface area contributed by atoms with Crippen LogP contribution < -0.4 is 0 Å². The zero-order valence-corrected chi connectivity index (χ0v) is 6.83. The number of ketones is 1. The molecule has 0 amide bonds. The lowest BCUT2D eigenvalue weighted by Crippen LogP contribution is -2.02. The summed E-state index contributed by atoms with van der Waals surface area (Å²) >= 11 is 0. The third-order valence-electron chi connectivity index (χ3n) is 1.28. The summed E-state index contributed by atoms with van der Waals surface area (Å²) in [5, 5.41) is 10.9. The Morgan fingerprint density at radius 1 is 1.33 bits per heavy atom. The third-order valence-corrected chi connectivity index (χ3v) is 1.28. The van der Waals surface area contributed by atoms with Gasteiger partial charge in [0.1, 0.15) is 11.5 Å². The SMILES string of the molecule is CC(=O)CC(N=O)=C(C)C(=O)O. The highest BCUT2D eigenvalue weighted by atomic mass is 16.4. The van der Waals surface area contributed by atoms with Crippen LogP contribution in [-0.4, -0.2) is 16.9 Å². The Morgan fingerprint density at radius 3 is 2.08 bits per heavy atom. The highest BCUT2D eigenvalue weighted by Crippen LogP contribution is 2.10. The molecule has 0 fully saturated rings. The lowest BCUT2D eigenvalue weighted by atomic mass is 10.1. The number of carboxylic acids is 1. The van der Waals surface area contributed by atoms with Crippen molar-refractivity contribution in [2.24, 2.45) is 5.18 Å². The Hall–Kier alpha value is -1.52. The number of Topliss-reactive ketones (excluding diaryl/α,β-unsaturated/α-hetero) is 1. The molecule has 12 heavy (non-hydrogen) atoms. The number of carbonyl (C=O) groups excluding carboxylic acids is 1. The molecule has 0 unspecified atom stereocenters. The minimum absolute atomic E-state index is 0.180. The molecule has 0 aliphatic heterocycles. The number of nitrogens with zero attached hydrogens (tertiary/aromatic N) is 1. The third kappa shape index (κ3) is 3.05. The number of hydrogen-bond acceptors (Lipinski definition) is 4. The van der Waals surface area contributed by atoms with E-state index in [9.17, 15) is 14.5 Å². The van der Waals surface area contributed by atoms with E-state index in [4.69, 9.17) is 5.11 Å². The summed E-state index contributed by atoms with van der Waals surface area (Å²) in [6.45, 7) is 2.50. The van der Waals surface area contributed by atoms with Crippen molar-refractivity contribution in [3.05, 3.63) is 16.2 Å². The summed E-state index contributed by atoms with van der Waals surface area (Å²) in [5.41, 5.74) is -0.393. The van der Waals surface area contributed by atoms with Gasteiger partial charge in [-0.25, -0.2) is 4.79 Å². The van der Waals surface area contributed by atoms with E-state index >= 15 is 0 Å². The van der Waals surface area contributed by atoms with Crippen LogP contribution in [0.5, 0.6) is 0 Å². The Balaban J connectivity index is 4.73. The minimum Gasteiger partial charge on any atom is -0.478 e. The predicted octanol–water partition coefficient (Wildman–Crippen LogP) is 1.09. The molecule has 5 heteroatoms. The fourth-order valence-electron chi connectivity index (χ4n) is 0.593. The van der Waals surface area contributed by atoms with Gasteiger partial charge in [-0.05, 0) is 19.0 Å². The van der Waals surface area contributed by atoms with Gasteiger partial charge in [-0.2, -0.15) is 0 Å². The number of nitroso groups, excluding NO2 is 1. The molecule has 0 aromatic rings. The van der Waals surface area contributed by atoms with Crippen LogP contribution in [0.4, 0.5) is 0 Å². The molecule has 0 heterocycles. The van der Waals surface area contributed by atoms with E-state index in [-0.39, 0.29) is 23.5 Å². The van der Waals surface area contributed by atoms with Crippen LogP contribution in [0, 0.1) is 4.91 Å². The second-order valence-corrected chi connectivity index (χ2v) is 2.35. The van der Waals surface area contributed by atoms with Crippen molar-refractivity contribution in [3.63, 3.8) is 0 Å². The summed E-state index contributed by atoms with van der Waals surface area (Å²) in [6.07, 6.45) is -0.221. The normalized spacial score (nSPS) is 11.8. The van der Waals surface area contributed by atoms with Crippen molar-refractivity contribution in [1.29, 1.82) is 0 Å². The Labute approximate surface area is 69.1 Å². The largest absolute Gasteiger partial charge is 0.478 e. The van der Waals surface area contributed by atoms with E-state index in [2.05, 4.69) is 5.18 Å². The standard InChI is InChI=1S/C7H9NO4/c1-4(9)3-6(8-12)5(2)7(10)11/h3H2,1-2H3,(H,10,11). The first-order chi connectivity index (χ1) is 5.49. The molecule has 0 aliphatic rings. The molecule has 0 radical (unpaired) electrons. The highest BCUT2D eigenvalue weighted by molar-refractivity contribution is 5.88. The molecule has 0 bridgehead atoms. The van der Waals surface area contributed by atoms with Crippen molar-refractivity contribution in [3.8, 4) is 0 Å². The number of carbonyl (C=O) groups is 2. The molecule has 0 atom stereocenters. The quantitative estimate of drug-likeness (QED) is 0.506. The first-order valence-corrected chi connectivity index (χ1v) is 3.25. The average molecular weight is 171 g/mol. The van der Waals surface area contributed by atoms with Gasteiger partial charge in [0.15, 0.2) is 0 Å². The molecule has 0 saturated heterocycles. The molecule has 1 N–H and O–H groups in total. The van der Waals surface area contributed by atoms with Gasteiger partial charge in [-0.15, -0.1) is 4.91 Å². The average Bonchev–Trinajstić information content (AvgIpc) is 1.98. The first kappa shape index (κ1) is 10.5. The second kappa shape index (κ2) is 4.38. The Bertz CT molecular complexity index is 254. The highest BCUT2D eigenvalue weighted by Gasteiger charge is 2.11. The zero-order chi connectivity index (χ0) is 9.72. The van der Waals surface area contributed by atoms with Crippen molar-refractivity contribution in [2.75, 3.05) is 0 Å². The van der Waals surface area contributed by atoms with Crippen LogP contribution in [0.1, 0.15) is 20.3 Å². The lowest BCUT2D eigenvalue weighted by molar-refractivity contribution is -0.132. The van der Waals surface area contributed by atoms with Crippen molar-refractivity contribution in [1.82, 2.24) is 0 Å². The summed E-state index contributed by atoms with van der Waals surface area (Å²) in [5.74, 6) is -1.52. The molecule has 5 nitrogen and oxygen atoms in total. The van der Waals surface area contributed by atoms with Gasteiger partial charge in [-0.3, -0.25) is 4.79 Å². The number of aliphatic carboxylic acids is 1. The second-order valence-electron chi connectivity index (χ2n) is 2.35. The maximum Gasteiger partial charge on any atom is 0.333 e. The molecule has 0 saturated carbocycles. The predicted molar refractivity (Wildman–Crippen MR) is 41.4 cm³/mol. The van der Waals surface area contributed by atoms with Gasteiger partial charge >= 0.3 is 5.97 Å². The van der Waals surface area contributed by atoms with Crippen molar-refractivity contribution >= 4 is 11.8 Å². The number of allylic oxidation sites excluding steroid dienone is 1. The number of rotatable bonds is 4. The molecule has 66 valence electrons. The van der Waals surface area contributed by atoms with E-state index in [0.29, 0.717) is 0 Å². The number of hydrogen-bond donors (Lipinski definition) is 1. The van der Waals surface area contributed by atoms with Gasteiger partial charge in [0.25, 0.3) is 0 Å². The van der Waals surface area contributed by atoms with Crippen LogP contribution in [0.3, 0.4) is 0 Å². The van der Waals surface area contributed by atoms with Gasteiger partial charge in [-0.1, -0.05) is 0 Å². The molecule has 0 rings (SSSR count). The summed E-state index contributed by atoms with van der Waals surface area (Å²) < 4.78 is 0. The van der Waals surface area contributed by atoms with E-state index in [1.54, 1.807) is 0 Å². The lowest BCUT2D eigenvalue weighted by Gasteiger charge is -1.96. The maximum atomic E-state index is 10.5. The molecule has 0 aliphatic carbocycles. The van der Waals surface area contributed by atoms with E-state index in [0.717, 1.165) is 0 Å². The Morgan fingerprint density at radius 2 is 1.83 bits per heavy atom. The van der Waals surface area contributed by atoms with E-state index in [1.807, 2.05) is 0 Å². The monoisotopic (exact) mass is 171 g/mol. The van der Waals surface area contributed by atoms with Crippen LogP contribution in [0.15, 0.2) is 16.4 Å². The zero-order valence-electron chi connectivity index (χ0n) is 6.83. The van der Waals surface area contributed by atoms with Gasteiger partial charge in [0.05, 0.1) is 12.0 Å². The number of carboxylic acid groups (broad SMARTS) is 1. The maximum absolute atomic E-state index is 10.5. The van der Waals surface area contributed by atoms with Crippen LogP contribution in [0.25, 0.3) is 0 Å². The fraction of sp³-hybridized carbons (Fsp3) is 0.429. The van der Waals surface area contributed by atoms with Crippen LogP contribution >= 0.6 is 0 Å². The molecule has 0 aromatic heterocycles. The summed E-state index contributed by atoms with van der Waals surface area (Å²) in [6, 6.07) is 0. The molecular formula is C7H9NO4. The molecule has 0 spiro atoms. The van der Waals surface area contributed by atoms with Gasteiger partial charge in [0.2, 0.25) is 0 Å². The van der Waals surface area contributed by atoms with Crippen molar-refractivity contribution < 1.29 is 14.7 Å². The first-order valence-electron chi connectivity index (χ1n) is 3.25. The summed E-state index contributed by atoms with van der Waals surface area (Å²) in [4.78, 5) is 30.9. The Kier molecular flexibility index (Phi) is 3.82. The van der Waals surface area contributed by atoms with Crippen LogP contribution in [0.2, 0.25) is 0 Å².